The Hall–Kier alpha value is -1.75. The molecule has 14 heavy (non-hydrogen) atoms. The summed E-state index contributed by atoms with van der Waals surface area (Å²) in [4.78, 5) is 20.2. The molecule has 2 aliphatic heterocycles. The van der Waals surface area contributed by atoms with Crippen molar-refractivity contribution in [3.8, 4) is 10.6 Å². The first-order valence-corrected chi connectivity index (χ1v) is 4.86. The minimum atomic E-state index is 0.0444. The first kappa shape index (κ1) is 7.64. The number of fused-ring (bicyclic) bond motifs is 3. The predicted octanol–water partition coefficient (Wildman–Crippen LogP) is 1.26. The summed E-state index contributed by atoms with van der Waals surface area (Å²) in [6.45, 7) is 0. The lowest BCUT2D eigenvalue weighted by molar-refractivity contribution is 1.18. The zero-order chi connectivity index (χ0) is 9.54. The average molecular weight is 203 g/mol. The van der Waals surface area contributed by atoms with E-state index in [1.807, 2.05) is 4.40 Å². The van der Waals surface area contributed by atoms with Crippen molar-refractivity contribution in [1.29, 1.82) is 0 Å². The van der Waals surface area contributed by atoms with Crippen LogP contribution >= 0.6 is 11.3 Å². The van der Waals surface area contributed by atoms with Gasteiger partial charge in [0, 0.05) is 12.3 Å². The van der Waals surface area contributed by atoms with Crippen LogP contribution in [0, 0.1) is 0 Å². The third-order valence-electron chi connectivity index (χ3n) is 2.04. The highest BCUT2D eigenvalue weighted by Crippen LogP contribution is 2.22. The molecule has 68 valence electrons. The van der Waals surface area contributed by atoms with Gasteiger partial charge < -0.3 is 0 Å². The van der Waals surface area contributed by atoms with Gasteiger partial charge >= 0.3 is 0 Å². The highest BCUT2D eigenvalue weighted by Gasteiger charge is 2.08. The third kappa shape index (κ3) is 0.958. The fraction of sp³-hybridized carbons (Fsp3) is 0. The number of rotatable bonds is 0. The van der Waals surface area contributed by atoms with Gasteiger partial charge in [-0.1, -0.05) is 11.3 Å². The molecule has 1 aromatic rings. The number of hydrogen-bond acceptors (Lipinski definition) is 4. The van der Waals surface area contributed by atoms with Crippen LogP contribution in [-0.2, 0) is 0 Å². The van der Waals surface area contributed by atoms with E-state index in [9.17, 15) is 4.79 Å². The third-order valence-corrected chi connectivity index (χ3v) is 2.90. The van der Waals surface area contributed by atoms with Gasteiger partial charge in [-0.05, 0) is 0 Å². The van der Waals surface area contributed by atoms with Crippen LogP contribution in [0.1, 0.15) is 0 Å². The lowest BCUT2D eigenvalue weighted by Gasteiger charge is -1.92. The van der Waals surface area contributed by atoms with Crippen LogP contribution in [0.5, 0.6) is 0 Å². The standard InChI is InChI=1S/C9H5N3OS/c13-9-1-7-8(14-9)4-10-2-6-3-11-5-12(6)7/h1-5H. The van der Waals surface area contributed by atoms with Crippen molar-refractivity contribution < 1.29 is 0 Å². The minimum Gasteiger partial charge on any atom is -0.296 e. The molecule has 0 aromatic carbocycles. The summed E-state index contributed by atoms with van der Waals surface area (Å²) in [5.41, 5.74) is 1.75. The van der Waals surface area contributed by atoms with Crippen LogP contribution in [-0.4, -0.2) is 14.4 Å². The molecule has 0 unspecified atom stereocenters. The number of nitrogens with zero attached hydrogens (tertiary/aromatic N) is 3. The van der Waals surface area contributed by atoms with Crippen molar-refractivity contribution in [2.24, 2.45) is 0 Å². The Morgan fingerprint density at radius 2 is 2.07 bits per heavy atom. The molecule has 4 nitrogen and oxygen atoms in total. The van der Waals surface area contributed by atoms with Gasteiger partial charge in [-0.15, -0.1) is 0 Å². The highest BCUT2D eigenvalue weighted by atomic mass is 32.1. The molecule has 0 saturated carbocycles. The molecule has 2 aliphatic rings. The van der Waals surface area contributed by atoms with Gasteiger partial charge in [-0.3, -0.25) is 14.2 Å². The van der Waals surface area contributed by atoms with Crippen LogP contribution < -0.4 is 4.74 Å². The fourth-order valence-electron chi connectivity index (χ4n) is 1.44. The largest absolute Gasteiger partial charge is 0.296 e. The fourth-order valence-corrected chi connectivity index (χ4v) is 2.20. The normalized spacial score (nSPS) is 11.1. The van der Waals surface area contributed by atoms with Crippen LogP contribution in [0.4, 0.5) is 0 Å². The number of thiophene rings is 1. The zero-order valence-electron chi connectivity index (χ0n) is 7.04. The summed E-state index contributed by atoms with van der Waals surface area (Å²) in [5, 5.41) is 0. The van der Waals surface area contributed by atoms with E-state index in [1.54, 1.807) is 31.0 Å². The van der Waals surface area contributed by atoms with E-state index in [1.165, 1.54) is 11.3 Å². The Morgan fingerprint density at radius 3 is 3.00 bits per heavy atom. The Kier molecular flexibility index (Phi) is 1.43. The maximum atomic E-state index is 11.2. The molecule has 0 spiro atoms. The Morgan fingerprint density at radius 1 is 1.21 bits per heavy atom. The minimum absolute atomic E-state index is 0.0444. The molecule has 0 atom stereocenters. The Balaban J connectivity index is 2.61. The summed E-state index contributed by atoms with van der Waals surface area (Å²) in [6.07, 6.45) is 6.83. The highest BCUT2D eigenvalue weighted by molar-refractivity contribution is 7.13. The molecule has 0 radical (unpaired) electrons. The van der Waals surface area contributed by atoms with E-state index in [-0.39, 0.29) is 4.74 Å². The summed E-state index contributed by atoms with van der Waals surface area (Å²) < 4.78 is 1.91. The molecular weight excluding hydrogens is 198 g/mol. The van der Waals surface area contributed by atoms with Crippen LogP contribution in [0.3, 0.4) is 0 Å². The topological polar surface area (TPSA) is 47.3 Å². The van der Waals surface area contributed by atoms with E-state index in [2.05, 4.69) is 9.97 Å². The van der Waals surface area contributed by atoms with Crippen LogP contribution in [0.15, 0.2) is 35.8 Å². The summed E-state index contributed by atoms with van der Waals surface area (Å²) >= 11 is 1.20. The zero-order valence-corrected chi connectivity index (χ0v) is 7.86. The lowest BCUT2D eigenvalue weighted by Crippen LogP contribution is -1.85. The van der Waals surface area contributed by atoms with Crippen LogP contribution in [0.25, 0.3) is 16.1 Å². The molecular formula is C9H5N3OS. The quantitative estimate of drug-likeness (QED) is 0.552. The summed E-state index contributed by atoms with van der Waals surface area (Å²) in [5.74, 6) is 0. The second-order valence-corrected chi connectivity index (χ2v) is 3.96. The van der Waals surface area contributed by atoms with Gasteiger partial charge in [0.05, 0.1) is 34.8 Å². The maximum Gasteiger partial charge on any atom is 0.235 e. The van der Waals surface area contributed by atoms with Crippen LogP contribution in [0.2, 0.25) is 0 Å². The monoisotopic (exact) mass is 203 g/mol. The van der Waals surface area contributed by atoms with E-state index in [4.69, 9.17) is 0 Å². The van der Waals surface area contributed by atoms with Gasteiger partial charge in [0.15, 0.2) is 0 Å². The van der Waals surface area contributed by atoms with Crippen molar-refractivity contribution in [2.45, 2.75) is 0 Å². The number of aromatic nitrogens is 3. The predicted molar refractivity (Wildman–Crippen MR) is 53.8 cm³/mol. The van der Waals surface area contributed by atoms with Gasteiger partial charge in [-0.2, -0.15) is 0 Å². The molecule has 0 fully saturated rings. The summed E-state index contributed by atoms with van der Waals surface area (Å²) in [7, 11) is 0. The Labute approximate surface area is 82.8 Å². The van der Waals surface area contributed by atoms with Gasteiger partial charge in [0.1, 0.15) is 0 Å². The van der Waals surface area contributed by atoms with E-state index in [0.717, 1.165) is 16.1 Å². The lowest BCUT2D eigenvalue weighted by atomic mass is 10.4. The number of hydrogen-bond donors (Lipinski definition) is 0. The molecule has 0 aliphatic carbocycles. The van der Waals surface area contributed by atoms with Gasteiger partial charge in [0.25, 0.3) is 0 Å². The molecule has 0 bridgehead atoms. The molecule has 3 heterocycles. The molecule has 5 heteroatoms. The van der Waals surface area contributed by atoms with Crippen molar-refractivity contribution in [3.05, 3.63) is 40.5 Å². The molecule has 3 rings (SSSR count). The second-order valence-electron chi connectivity index (χ2n) is 2.91. The average Bonchev–Trinajstić information content (AvgIpc) is 2.70. The molecule has 0 amide bonds. The first-order valence-electron chi connectivity index (χ1n) is 4.04. The SMILES string of the molecule is O=c1cc2n3cncc3cncc-2s1. The Bertz CT molecular complexity index is 627. The smallest absolute Gasteiger partial charge is 0.235 e. The number of imidazole rings is 1. The summed E-state index contributed by atoms with van der Waals surface area (Å²) in [6, 6.07) is 1.61. The second kappa shape index (κ2) is 2.62. The van der Waals surface area contributed by atoms with E-state index < -0.39 is 0 Å². The van der Waals surface area contributed by atoms with Crippen molar-refractivity contribution in [2.75, 3.05) is 0 Å². The van der Waals surface area contributed by atoms with Crippen molar-refractivity contribution in [1.82, 2.24) is 14.4 Å². The van der Waals surface area contributed by atoms with Crippen molar-refractivity contribution in [3.63, 3.8) is 0 Å². The molecule has 0 N–H and O–H groups in total. The van der Waals surface area contributed by atoms with Gasteiger partial charge in [-0.25, -0.2) is 4.98 Å². The first-order chi connectivity index (χ1) is 6.84. The van der Waals surface area contributed by atoms with E-state index >= 15 is 0 Å². The molecule has 1 aromatic heterocycles. The van der Waals surface area contributed by atoms with E-state index in [0.29, 0.717) is 0 Å². The molecule has 0 saturated heterocycles. The van der Waals surface area contributed by atoms with Gasteiger partial charge in [0.2, 0.25) is 4.74 Å². The maximum absolute atomic E-state index is 11.2. The van der Waals surface area contributed by atoms with Crippen molar-refractivity contribution >= 4 is 16.9 Å².